The lowest BCUT2D eigenvalue weighted by Gasteiger charge is -2.26. The minimum Gasteiger partial charge on any atom is -0.480 e. The lowest BCUT2D eigenvalue weighted by molar-refractivity contribution is -0.143. The first-order valence-corrected chi connectivity index (χ1v) is 5.37. The van der Waals surface area contributed by atoms with Crippen LogP contribution < -0.4 is 0 Å². The number of hydrogen-bond donors (Lipinski definition) is 1. The Kier molecular flexibility index (Phi) is 3.88. The van der Waals surface area contributed by atoms with Crippen LogP contribution in [-0.4, -0.2) is 51.9 Å². The molecule has 6 nitrogen and oxygen atoms in total. The van der Waals surface area contributed by atoms with Crippen LogP contribution in [0.2, 0.25) is 0 Å². The Morgan fingerprint density at radius 2 is 2.00 bits per heavy atom. The Labute approximate surface area is 99.5 Å². The zero-order valence-corrected chi connectivity index (χ0v) is 9.92. The number of urea groups is 1. The summed E-state index contributed by atoms with van der Waals surface area (Å²) in [4.78, 5) is 36.5. The van der Waals surface area contributed by atoms with Gasteiger partial charge in [0.15, 0.2) is 0 Å². The predicted octanol–water partition coefficient (Wildman–Crippen LogP) is 0.546. The molecule has 0 radical (unpaired) electrons. The molecule has 1 atom stereocenters. The number of hydrogen-bond acceptors (Lipinski definition) is 3. The minimum atomic E-state index is -1.05. The van der Waals surface area contributed by atoms with Gasteiger partial charge in [0.05, 0.1) is 0 Å². The lowest BCUT2D eigenvalue weighted by atomic mass is 10.0. The molecule has 3 amide bonds. The van der Waals surface area contributed by atoms with Crippen LogP contribution >= 0.6 is 0 Å². The zero-order chi connectivity index (χ0) is 13.2. The summed E-state index contributed by atoms with van der Waals surface area (Å²) in [6.07, 6.45) is 1.05. The molecule has 1 aliphatic heterocycles. The van der Waals surface area contributed by atoms with Gasteiger partial charge in [0.2, 0.25) is 0 Å². The van der Waals surface area contributed by atoms with Crippen LogP contribution in [0.3, 0.4) is 0 Å². The Morgan fingerprint density at radius 3 is 2.41 bits per heavy atom. The Morgan fingerprint density at radius 1 is 1.41 bits per heavy atom. The van der Waals surface area contributed by atoms with Crippen molar-refractivity contribution in [3.05, 3.63) is 12.7 Å². The van der Waals surface area contributed by atoms with Crippen molar-refractivity contribution in [3.8, 4) is 0 Å². The quantitative estimate of drug-likeness (QED) is 0.728. The van der Waals surface area contributed by atoms with E-state index in [9.17, 15) is 14.4 Å². The molecule has 1 heterocycles. The first-order chi connectivity index (χ1) is 7.90. The molecule has 1 N–H and O–H groups in total. The summed E-state index contributed by atoms with van der Waals surface area (Å²) in [7, 11) is 0. The summed E-state index contributed by atoms with van der Waals surface area (Å²) in [5.74, 6) is -1.76. The van der Waals surface area contributed by atoms with E-state index in [0.717, 1.165) is 11.0 Å². The van der Waals surface area contributed by atoms with Crippen molar-refractivity contribution in [3.63, 3.8) is 0 Å². The molecular formula is C11H16N2O4. The Hall–Kier alpha value is -1.85. The molecule has 0 aliphatic carbocycles. The lowest BCUT2D eigenvalue weighted by Crippen LogP contribution is -2.47. The van der Waals surface area contributed by atoms with E-state index in [2.05, 4.69) is 6.58 Å². The number of imide groups is 1. The molecule has 0 saturated carbocycles. The summed E-state index contributed by atoms with van der Waals surface area (Å²) in [6.45, 7) is 7.21. The zero-order valence-electron chi connectivity index (χ0n) is 9.92. The van der Waals surface area contributed by atoms with Crippen molar-refractivity contribution in [1.82, 2.24) is 9.80 Å². The highest BCUT2D eigenvalue weighted by Gasteiger charge is 2.40. The van der Waals surface area contributed by atoms with Gasteiger partial charge in [0, 0.05) is 13.1 Å². The maximum absolute atomic E-state index is 11.9. The molecule has 0 spiro atoms. The number of carbonyl (C=O) groups is 3. The number of carboxylic acid groups (broad SMARTS) is 1. The topological polar surface area (TPSA) is 77.9 Å². The van der Waals surface area contributed by atoms with Crippen molar-refractivity contribution in [1.29, 1.82) is 0 Å². The van der Waals surface area contributed by atoms with Crippen LogP contribution in [-0.2, 0) is 9.59 Å². The molecule has 0 aromatic rings. The maximum Gasteiger partial charge on any atom is 0.327 e. The second-order valence-corrected chi connectivity index (χ2v) is 4.20. The normalized spacial score (nSPS) is 17.5. The molecule has 0 bridgehead atoms. The van der Waals surface area contributed by atoms with Crippen molar-refractivity contribution >= 4 is 17.9 Å². The molecule has 1 rings (SSSR count). The van der Waals surface area contributed by atoms with Crippen LogP contribution in [0.25, 0.3) is 0 Å². The first-order valence-electron chi connectivity index (χ1n) is 5.37. The first kappa shape index (κ1) is 13.2. The van der Waals surface area contributed by atoms with Crippen LogP contribution in [0.15, 0.2) is 12.7 Å². The number of carbonyl (C=O) groups excluding carboxylic acids is 2. The van der Waals surface area contributed by atoms with Gasteiger partial charge in [-0.05, 0) is 12.0 Å². The average molecular weight is 240 g/mol. The standard InChI is InChI=1S/C11H16N2O4/c1-4-8(14)12-5-6-13(11(12)17)9(7(2)3)10(15)16/h4,7,9H,1,5-6H2,2-3H3,(H,15,16)/t9-/m0/s1. The van der Waals surface area contributed by atoms with Crippen molar-refractivity contribution in [2.24, 2.45) is 5.92 Å². The smallest absolute Gasteiger partial charge is 0.327 e. The van der Waals surface area contributed by atoms with E-state index < -0.39 is 23.9 Å². The second kappa shape index (κ2) is 4.99. The van der Waals surface area contributed by atoms with Crippen LogP contribution in [0.4, 0.5) is 4.79 Å². The van der Waals surface area contributed by atoms with Crippen molar-refractivity contribution in [2.45, 2.75) is 19.9 Å². The Balaban J connectivity index is 2.88. The molecule has 0 aromatic heterocycles. The molecule has 0 aromatic carbocycles. The molecule has 1 aliphatic rings. The number of aliphatic carboxylic acids is 1. The molecule has 17 heavy (non-hydrogen) atoms. The van der Waals surface area contributed by atoms with Gasteiger partial charge in [-0.2, -0.15) is 0 Å². The summed E-state index contributed by atoms with van der Waals surface area (Å²) >= 11 is 0. The summed E-state index contributed by atoms with van der Waals surface area (Å²) in [6, 6.07) is -1.46. The van der Waals surface area contributed by atoms with Crippen molar-refractivity contribution in [2.75, 3.05) is 13.1 Å². The number of rotatable bonds is 4. The van der Waals surface area contributed by atoms with Gasteiger partial charge >= 0.3 is 12.0 Å². The van der Waals surface area contributed by atoms with E-state index in [4.69, 9.17) is 5.11 Å². The monoisotopic (exact) mass is 240 g/mol. The minimum absolute atomic E-state index is 0.209. The summed E-state index contributed by atoms with van der Waals surface area (Å²) in [5.41, 5.74) is 0. The van der Waals surface area contributed by atoms with Gasteiger partial charge in [-0.25, -0.2) is 9.59 Å². The molecular weight excluding hydrogens is 224 g/mol. The molecule has 94 valence electrons. The van der Waals surface area contributed by atoms with Gasteiger partial charge < -0.3 is 10.0 Å². The highest BCUT2D eigenvalue weighted by atomic mass is 16.4. The second-order valence-electron chi connectivity index (χ2n) is 4.20. The van der Waals surface area contributed by atoms with E-state index in [-0.39, 0.29) is 19.0 Å². The largest absolute Gasteiger partial charge is 0.480 e. The summed E-state index contributed by atoms with van der Waals surface area (Å²) < 4.78 is 0. The fourth-order valence-electron chi connectivity index (χ4n) is 1.91. The Bertz CT molecular complexity index is 364. The van der Waals surface area contributed by atoms with E-state index >= 15 is 0 Å². The summed E-state index contributed by atoms with van der Waals surface area (Å²) in [5, 5.41) is 9.09. The van der Waals surface area contributed by atoms with Gasteiger partial charge in [-0.1, -0.05) is 20.4 Å². The van der Waals surface area contributed by atoms with Crippen molar-refractivity contribution < 1.29 is 19.5 Å². The highest BCUT2D eigenvalue weighted by molar-refractivity contribution is 6.02. The average Bonchev–Trinajstić information content (AvgIpc) is 2.59. The van der Waals surface area contributed by atoms with E-state index in [0.29, 0.717) is 0 Å². The third-order valence-corrected chi connectivity index (χ3v) is 2.70. The number of carboxylic acids is 1. The fourth-order valence-corrected chi connectivity index (χ4v) is 1.91. The third-order valence-electron chi connectivity index (χ3n) is 2.70. The molecule has 1 fully saturated rings. The van der Waals surface area contributed by atoms with Gasteiger partial charge in [0.25, 0.3) is 5.91 Å². The van der Waals surface area contributed by atoms with Gasteiger partial charge in [-0.3, -0.25) is 9.69 Å². The van der Waals surface area contributed by atoms with Gasteiger partial charge in [-0.15, -0.1) is 0 Å². The SMILES string of the molecule is C=CC(=O)N1CCN([C@H](C(=O)O)C(C)C)C1=O. The molecule has 1 saturated heterocycles. The third kappa shape index (κ3) is 2.46. The molecule has 0 unspecified atom stereocenters. The fraction of sp³-hybridized carbons (Fsp3) is 0.545. The van der Waals surface area contributed by atoms with E-state index in [1.807, 2.05) is 0 Å². The van der Waals surface area contributed by atoms with E-state index in [1.165, 1.54) is 4.90 Å². The van der Waals surface area contributed by atoms with Crippen LogP contribution in [0.1, 0.15) is 13.8 Å². The number of amides is 3. The number of nitrogens with zero attached hydrogens (tertiary/aromatic N) is 2. The highest BCUT2D eigenvalue weighted by Crippen LogP contribution is 2.18. The molecule has 6 heteroatoms. The maximum atomic E-state index is 11.9. The van der Waals surface area contributed by atoms with Crippen LogP contribution in [0, 0.1) is 5.92 Å². The predicted molar refractivity (Wildman–Crippen MR) is 60.3 cm³/mol. The van der Waals surface area contributed by atoms with Gasteiger partial charge in [0.1, 0.15) is 6.04 Å². The van der Waals surface area contributed by atoms with E-state index in [1.54, 1.807) is 13.8 Å². The van der Waals surface area contributed by atoms with Crippen LogP contribution in [0.5, 0.6) is 0 Å².